The van der Waals surface area contributed by atoms with Crippen LogP contribution in [0.2, 0.25) is 0 Å². The van der Waals surface area contributed by atoms with Gasteiger partial charge in [-0.05, 0) is 133 Å². The molecule has 0 saturated heterocycles. The fourth-order valence-electron chi connectivity index (χ4n) is 12.4. The molecule has 3 heterocycles. The summed E-state index contributed by atoms with van der Waals surface area (Å²) in [6.45, 7) is 28.5. The lowest BCUT2D eigenvalue weighted by Gasteiger charge is -2.37. The SMILES string of the molecule is CC(C)(C)c1cc(Oc2ccc3c4ccccc4n(-c4cc(C(C)(C)C)ccn4)c3c2)cc(N2CN(c3cc(-c4ccccc4)cc(C(C)(C)c4ccccc4)c3)c3cc(C(C)(C)c4ccccc4)c(C(C)(C)c4ccccc4)cc32)c1. The number of nitrogens with zero attached hydrogens (tertiary/aromatic N) is 4. The number of hydrogen-bond acceptors (Lipinski definition) is 4. The second-order valence-electron chi connectivity index (χ2n) is 26.2. The Morgan fingerprint density at radius 2 is 0.854 bits per heavy atom. The summed E-state index contributed by atoms with van der Waals surface area (Å²) < 4.78 is 9.51. The number of aromatic nitrogens is 2. The summed E-state index contributed by atoms with van der Waals surface area (Å²) >= 11 is 0. The molecular formula is C77H76N4O. The molecule has 0 radical (unpaired) electrons. The predicted molar refractivity (Wildman–Crippen MR) is 346 cm³/mol. The molecule has 5 heteroatoms. The quantitative estimate of drug-likeness (QED) is 0.122. The van der Waals surface area contributed by atoms with E-state index >= 15 is 0 Å². The molecule has 5 nitrogen and oxygen atoms in total. The maximum Gasteiger partial charge on any atom is 0.137 e. The number of hydrogen-bond donors (Lipinski definition) is 0. The van der Waals surface area contributed by atoms with E-state index in [0.717, 1.165) is 56.5 Å². The van der Waals surface area contributed by atoms with Crippen molar-refractivity contribution in [2.24, 2.45) is 0 Å². The number of benzene rings is 9. The molecule has 9 aromatic carbocycles. The van der Waals surface area contributed by atoms with Gasteiger partial charge in [-0.15, -0.1) is 0 Å². The van der Waals surface area contributed by atoms with E-state index in [1.54, 1.807) is 0 Å². The lowest BCUT2D eigenvalue weighted by Crippen LogP contribution is -2.28. The highest BCUT2D eigenvalue weighted by molar-refractivity contribution is 6.09. The van der Waals surface area contributed by atoms with Crippen LogP contribution in [0.5, 0.6) is 11.5 Å². The van der Waals surface area contributed by atoms with Crippen LogP contribution in [0.4, 0.5) is 22.7 Å². The van der Waals surface area contributed by atoms with E-state index in [1.807, 2.05) is 6.20 Å². The van der Waals surface area contributed by atoms with E-state index in [2.05, 4.69) is 322 Å². The van der Waals surface area contributed by atoms with E-state index in [9.17, 15) is 0 Å². The van der Waals surface area contributed by atoms with Crippen molar-refractivity contribution in [2.45, 2.75) is 110 Å². The van der Waals surface area contributed by atoms with Gasteiger partial charge in [0.05, 0.1) is 22.4 Å². The zero-order valence-electron chi connectivity index (χ0n) is 49.8. The van der Waals surface area contributed by atoms with Gasteiger partial charge < -0.3 is 14.5 Å². The Morgan fingerprint density at radius 1 is 0.354 bits per heavy atom. The van der Waals surface area contributed by atoms with Crippen LogP contribution >= 0.6 is 0 Å². The highest BCUT2D eigenvalue weighted by atomic mass is 16.5. The van der Waals surface area contributed by atoms with E-state index in [4.69, 9.17) is 9.72 Å². The van der Waals surface area contributed by atoms with Crippen LogP contribution < -0.4 is 14.5 Å². The number of fused-ring (bicyclic) bond motifs is 4. The van der Waals surface area contributed by atoms with Gasteiger partial charge in [0, 0.05) is 56.7 Å². The van der Waals surface area contributed by atoms with E-state index in [0.29, 0.717) is 6.67 Å². The molecule has 0 saturated carbocycles. The Balaban J connectivity index is 1.07. The Kier molecular flexibility index (Phi) is 13.4. The lowest BCUT2D eigenvalue weighted by atomic mass is 9.68. The van der Waals surface area contributed by atoms with Crippen LogP contribution in [0.15, 0.2) is 231 Å². The molecule has 0 unspecified atom stereocenters. The normalized spacial score (nSPS) is 13.3. The second kappa shape index (κ2) is 20.4. The van der Waals surface area contributed by atoms with Crippen LogP contribution in [0, 0.1) is 0 Å². The first-order valence-corrected chi connectivity index (χ1v) is 29.1. The van der Waals surface area contributed by atoms with Crippen LogP contribution in [-0.2, 0) is 27.1 Å². The average molecular weight is 1070 g/mol. The fraction of sp³-hybridized carbons (Fsp3) is 0.234. The topological polar surface area (TPSA) is 33.5 Å². The van der Waals surface area contributed by atoms with Gasteiger partial charge in [-0.3, -0.25) is 4.57 Å². The highest BCUT2D eigenvalue weighted by Crippen LogP contribution is 2.53. The molecule has 1 aliphatic heterocycles. The van der Waals surface area contributed by atoms with E-state index < -0.39 is 0 Å². The van der Waals surface area contributed by atoms with Crippen molar-refractivity contribution >= 4 is 44.6 Å². The standard InChI is InChI=1S/C77H76N4O/c1-73(2,3)57-39-40-78-72(46-57)81-68-36-26-25-35-64(68)65-38-37-62(48-69(65)81)82-63-45-58(74(4,5)6)43-61(47-63)80-51-79(60-42-53(52-27-17-13-18-28-52)41-59(44-60)75(7,8)54-29-19-14-20-30-54)70-49-66(76(9,10)55-31-21-15-22-32-55)67(50-71(70)80)77(11,12)56-33-23-16-24-34-56/h13-50H,51H2,1-12H3. The van der Waals surface area contributed by atoms with Crippen molar-refractivity contribution in [3.63, 3.8) is 0 Å². The van der Waals surface area contributed by atoms with Crippen LogP contribution in [0.3, 0.4) is 0 Å². The minimum absolute atomic E-state index is 0.0392. The summed E-state index contributed by atoms with van der Waals surface area (Å²) in [5.74, 6) is 2.43. The zero-order valence-corrected chi connectivity index (χ0v) is 49.8. The first-order valence-electron chi connectivity index (χ1n) is 29.1. The van der Waals surface area contributed by atoms with E-state index in [-0.39, 0.29) is 27.1 Å². The van der Waals surface area contributed by atoms with E-state index in [1.165, 1.54) is 61.0 Å². The summed E-state index contributed by atoms with van der Waals surface area (Å²) in [5.41, 5.74) is 17.8. The Labute approximate surface area is 486 Å². The van der Waals surface area contributed by atoms with Gasteiger partial charge >= 0.3 is 0 Å². The molecule has 12 rings (SSSR count). The largest absolute Gasteiger partial charge is 0.457 e. The number of anilines is 4. The zero-order chi connectivity index (χ0) is 57.3. The van der Waals surface area contributed by atoms with Gasteiger partial charge in [0.1, 0.15) is 24.0 Å². The van der Waals surface area contributed by atoms with Crippen molar-refractivity contribution in [1.29, 1.82) is 0 Å². The van der Waals surface area contributed by atoms with Gasteiger partial charge in [-0.2, -0.15) is 0 Å². The van der Waals surface area contributed by atoms with Crippen molar-refractivity contribution < 1.29 is 4.74 Å². The molecular weight excluding hydrogens is 997 g/mol. The molecule has 0 spiro atoms. The molecule has 0 aliphatic carbocycles. The molecule has 0 atom stereocenters. The van der Waals surface area contributed by atoms with Gasteiger partial charge in [0.2, 0.25) is 0 Å². The van der Waals surface area contributed by atoms with Gasteiger partial charge in [-0.1, -0.05) is 229 Å². The van der Waals surface area contributed by atoms with Crippen molar-refractivity contribution in [3.05, 3.63) is 275 Å². The maximum absolute atomic E-state index is 7.22. The molecule has 410 valence electrons. The Morgan fingerprint density at radius 3 is 1.43 bits per heavy atom. The smallest absolute Gasteiger partial charge is 0.137 e. The summed E-state index contributed by atoms with van der Waals surface area (Å²) in [5, 5.41) is 2.33. The third-order valence-corrected chi connectivity index (χ3v) is 17.7. The first-order chi connectivity index (χ1) is 39.2. The fourth-order valence-corrected chi connectivity index (χ4v) is 12.4. The molecule has 0 amide bonds. The highest BCUT2D eigenvalue weighted by Gasteiger charge is 2.39. The Bertz CT molecular complexity index is 4140. The van der Waals surface area contributed by atoms with Crippen LogP contribution in [0.25, 0.3) is 38.8 Å². The molecule has 0 fully saturated rings. The number of ether oxygens (including phenoxy) is 1. The lowest BCUT2D eigenvalue weighted by molar-refractivity contribution is 0.479. The Hall–Kier alpha value is -8.67. The van der Waals surface area contributed by atoms with Gasteiger partial charge in [0.25, 0.3) is 0 Å². The maximum atomic E-state index is 7.22. The molecule has 11 aromatic rings. The predicted octanol–water partition coefficient (Wildman–Crippen LogP) is 20.5. The van der Waals surface area contributed by atoms with Crippen LogP contribution in [-0.4, -0.2) is 16.2 Å². The van der Waals surface area contributed by atoms with Crippen molar-refractivity contribution in [1.82, 2.24) is 9.55 Å². The second-order valence-corrected chi connectivity index (χ2v) is 26.2. The monoisotopic (exact) mass is 1070 g/mol. The minimum Gasteiger partial charge on any atom is -0.457 e. The summed E-state index contributed by atoms with van der Waals surface area (Å²) in [6.07, 6.45) is 1.94. The number of rotatable bonds is 12. The number of para-hydroxylation sites is 1. The molecule has 2 aromatic heterocycles. The third kappa shape index (κ3) is 9.84. The van der Waals surface area contributed by atoms with Gasteiger partial charge in [-0.25, -0.2) is 4.98 Å². The third-order valence-electron chi connectivity index (χ3n) is 17.7. The average Bonchev–Trinajstić information content (AvgIpc) is 2.47. The number of pyridine rings is 1. The first kappa shape index (κ1) is 53.9. The summed E-state index contributed by atoms with van der Waals surface area (Å²) in [7, 11) is 0. The molecule has 0 bridgehead atoms. The van der Waals surface area contributed by atoms with Gasteiger partial charge in [0.15, 0.2) is 0 Å². The molecule has 82 heavy (non-hydrogen) atoms. The van der Waals surface area contributed by atoms with Crippen LogP contribution in [0.1, 0.15) is 128 Å². The van der Waals surface area contributed by atoms with Crippen molar-refractivity contribution in [3.8, 4) is 28.4 Å². The molecule has 1 aliphatic rings. The minimum atomic E-state index is -0.372. The molecule has 0 N–H and O–H groups in total. The van der Waals surface area contributed by atoms with Crippen molar-refractivity contribution in [2.75, 3.05) is 16.5 Å². The summed E-state index contributed by atoms with van der Waals surface area (Å²) in [6, 6.07) is 82.6. The summed E-state index contributed by atoms with van der Waals surface area (Å²) in [4.78, 5) is 10.1.